The molecule has 0 aromatic carbocycles. The van der Waals surface area contributed by atoms with E-state index >= 15 is 0 Å². The average molecular weight is 237 g/mol. The molecule has 2 unspecified atom stereocenters. The van der Waals surface area contributed by atoms with Crippen molar-refractivity contribution in [3.05, 3.63) is 0 Å². The van der Waals surface area contributed by atoms with Crippen LogP contribution in [0.25, 0.3) is 0 Å². The molecule has 2 bridgehead atoms. The first-order chi connectivity index (χ1) is 8.31. The van der Waals surface area contributed by atoms with E-state index in [4.69, 9.17) is 0 Å². The van der Waals surface area contributed by atoms with Crippen molar-refractivity contribution in [3.8, 4) is 0 Å². The predicted molar refractivity (Wildman–Crippen MR) is 66.8 cm³/mol. The van der Waals surface area contributed by atoms with Crippen LogP contribution in [0.5, 0.6) is 0 Å². The number of amides is 1. The molecule has 96 valence electrons. The van der Waals surface area contributed by atoms with E-state index in [0.29, 0.717) is 24.5 Å². The van der Waals surface area contributed by atoms with Crippen molar-refractivity contribution in [1.82, 2.24) is 15.1 Å². The maximum atomic E-state index is 12.1. The highest BCUT2D eigenvalue weighted by molar-refractivity contribution is 5.78. The molecule has 3 heterocycles. The van der Waals surface area contributed by atoms with Gasteiger partial charge in [-0.3, -0.25) is 9.69 Å². The van der Waals surface area contributed by atoms with Crippen LogP contribution in [0.1, 0.15) is 32.1 Å². The van der Waals surface area contributed by atoms with E-state index in [1.54, 1.807) is 0 Å². The monoisotopic (exact) mass is 237 g/mol. The molecule has 0 aromatic rings. The van der Waals surface area contributed by atoms with Gasteiger partial charge in [-0.05, 0) is 32.1 Å². The maximum Gasteiger partial charge on any atom is 0.236 e. The van der Waals surface area contributed by atoms with Gasteiger partial charge >= 0.3 is 0 Å². The maximum absolute atomic E-state index is 12.1. The molecule has 3 rings (SSSR count). The van der Waals surface area contributed by atoms with Gasteiger partial charge in [0.2, 0.25) is 5.91 Å². The lowest BCUT2D eigenvalue weighted by Crippen LogP contribution is -2.42. The van der Waals surface area contributed by atoms with Gasteiger partial charge in [0.05, 0.1) is 6.54 Å². The van der Waals surface area contributed by atoms with E-state index in [1.807, 2.05) is 4.90 Å². The van der Waals surface area contributed by atoms with Crippen LogP contribution >= 0.6 is 0 Å². The zero-order valence-corrected chi connectivity index (χ0v) is 10.5. The summed E-state index contributed by atoms with van der Waals surface area (Å²) in [5.41, 5.74) is 0. The number of nitrogens with one attached hydrogen (secondary N) is 1. The Labute approximate surface area is 103 Å². The second-order valence-electron chi connectivity index (χ2n) is 5.75. The van der Waals surface area contributed by atoms with E-state index in [1.165, 1.54) is 32.1 Å². The zero-order chi connectivity index (χ0) is 11.7. The lowest BCUT2D eigenvalue weighted by molar-refractivity contribution is -0.131. The molecular formula is C13H23N3O. The van der Waals surface area contributed by atoms with Crippen LogP contribution in [0.3, 0.4) is 0 Å². The highest BCUT2D eigenvalue weighted by Crippen LogP contribution is 2.20. The Bertz CT molecular complexity index is 288. The number of rotatable bonds is 2. The number of hydrogen-bond acceptors (Lipinski definition) is 3. The van der Waals surface area contributed by atoms with E-state index in [2.05, 4.69) is 10.2 Å². The molecule has 4 nitrogen and oxygen atoms in total. The summed E-state index contributed by atoms with van der Waals surface area (Å²) in [4.78, 5) is 16.5. The van der Waals surface area contributed by atoms with Gasteiger partial charge in [0, 0.05) is 38.3 Å². The fourth-order valence-corrected chi connectivity index (χ4v) is 3.42. The Kier molecular flexibility index (Phi) is 3.34. The molecule has 3 aliphatic rings. The third kappa shape index (κ3) is 2.63. The number of carbonyl (C=O) groups excluding carboxylic acids is 1. The highest BCUT2D eigenvalue weighted by atomic mass is 16.2. The lowest BCUT2D eigenvalue weighted by atomic mass is 10.1. The summed E-state index contributed by atoms with van der Waals surface area (Å²) in [7, 11) is 0. The van der Waals surface area contributed by atoms with Gasteiger partial charge in [-0.2, -0.15) is 0 Å². The molecule has 2 atom stereocenters. The first-order valence-electron chi connectivity index (χ1n) is 7.07. The summed E-state index contributed by atoms with van der Waals surface area (Å²) >= 11 is 0. The molecule has 1 N–H and O–H groups in total. The Morgan fingerprint density at radius 1 is 1.06 bits per heavy atom. The van der Waals surface area contributed by atoms with E-state index in [-0.39, 0.29) is 0 Å². The first-order valence-corrected chi connectivity index (χ1v) is 7.07. The van der Waals surface area contributed by atoms with Gasteiger partial charge in [0.15, 0.2) is 0 Å². The summed E-state index contributed by atoms with van der Waals surface area (Å²) in [5, 5.41) is 3.66. The Morgan fingerprint density at radius 2 is 1.82 bits per heavy atom. The molecule has 17 heavy (non-hydrogen) atoms. The van der Waals surface area contributed by atoms with Crippen LogP contribution in [0.2, 0.25) is 0 Å². The van der Waals surface area contributed by atoms with Gasteiger partial charge in [-0.15, -0.1) is 0 Å². The molecule has 3 fully saturated rings. The fraction of sp³-hybridized carbons (Fsp3) is 0.923. The SMILES string of the molecule is O=C(CN1CCC2CCC(C1)N2)N1CCCC1. The van der Waals surface area contributed by atoms with E-state index in [0.717, 1.165) is 26.2 Å². The van der Waals surface area contributed by atoms with Gasteiger partial charge in [-0.25, -0.2) is 0 Å². The third-order valence-electron chi connectivity index (χ3n) is 4.43. The molecule has 3 aliphatic heterocycles. The molecule has 0 saturated carbocycles. The minimum absolute atomic E-state index is 0.347. The minimum Gasteiger partial charge on any atom is -0.342 e. The minimum atomic E-state index is 0.347. The molecule has 0 radical (unpaired) electrons. The summed E-state index contributed by atoms with van der Waals surface area (Å²) < 4.78 is 0. The van der Waals surface area contributed by atoms with Crippen molar-refractivity contribution in [2.24, 2.45) is 0 Å². The smallest absolute Gasteiger partial charge is 0.236 e. The number of likely N-dealkylation sites (tertiary alicyclic amines) is 2. The van der Waals surface area contributed by atoms with Crippen molar-refractivity contribution < 1.29 is 4.79 Å². The quantitative estimate of drug-likeness (QED) is 0.757. The number of carbonyl (C=O) groups is 1. The normalized spacial score (nSPS) is 34.0. The molecule has 0 spiro atoms. The summed E-state index contributed by atoms with van der Waals surface area (Å²) in [6.07, 6.45) is 6.22. The summed E-state index contributed by atoms with van der Waals surface area (Å²) in [5.74, 6) is 0.347. The second kappa shape index (κ2) is 4.94. The lowest BCUT2D eigenvalue weighted by Gasteiger charge is -2.25. The highest BCUT2D eigenvalue weighted by Gasteiger charge is 2.30. The van der Waals surface area contributed by atoms with Crippen LogP contribution in [-0.2, 0) is 4.79 Å². The van der Waals surface area contributed by atoms with Crippen LogP contribution in [0, 0.1) is 0 Å². The largest absolute Gasteiger partial charge is 0.342 e. The molecule has 0 aliphatic carbocycles. The van der Waals surface area contributed by atoms with Crippen LogP contribution in [-0.4, -0.2) is 60.5 Å². The van der Waals surface area contributed by atoms with Gasteiger partial charge < -0.3 is 10.2 Å². The second-order valence-corrected chi connectivity index (χ2v) is 5.75. The van der Waals surface area contributed by atoms with E-state index < -0.39 is 0 Å². The van der Waals surface area contributed by atoms with Crippen molar-refractivity contribution in [1.29, 1.82) is 0 Å². The fourth-order valence-electron chi connectivity index (χ4n) is 3.42. The first kappa shape index (κ1) is 11.5. The molecule has 0 aromatic heterocycles. The number of nitrogens with zero attached hydrogens (tertiary/aromatic N) is 2. The van der Waals surface area contributed by atoms with Crippen LogP contribution in [0.4, 0.5) is 0 Å². The van der Waals surface area contributed by atoms with Gasteiger partial charge in [0.1, 0.15) is 0 Å². The van der Waals surface area contributed by atoms with Crippen molar-refractivity contribution >= 4 is 5.91 Å². The van der Waals surface area contributed by atoms with Gasteiger partial charge in [0.25, 0.3) is 0 Å². The van der Waals surface area contributed by atoms with Crippen molar-refractivity contribution in [3.63, 3.8) is 0 Å². The number of hydrogen-bond donors (Lipinski definition) is 1. The Hall–Kier alpha value is -0.610. The molecule has 1 amide bonds. The standard InChI is InChI=1S/C13H23N3O/c17-13(16-6-1-2-7-16)10-15-8-5-11-3-4-12(9-15)14-11/h11-12,14H,1-10H2. The topological polar surface area (TPSA) is 35.6 Å². The molecule has 3 saturated heterocycles. The van der Waals surface area contributed by atoms with Gasteiger partial charge in [-0.1, -0.05) is 0 Å². The van der Waals surface area contributed by atoms with Crippen LogP contribution in [0.15, 0.2) is 0 Å². The Balaban J connectivity index is 1.52. The molecule has 4 heteroatoms. The summed E-state index contributed by atoms with van der Waals surface area (Å²) in [6.45, 7) is 4.77. The summed E-state index contributed by atoms with van der Waals surface area (Å²) in [6, 6.07) is 1.35. The van der Waals surface area contributed by atoms with Crippen molar-refractivity contribution in [2.45, 2.75) is 44.2 Å². The zero-order valence-electron chi connectivity index (χ0n) is 10.5. The molecular weight excluding hydrogens is 214 g/mol. The van der Waals surface area contributed by atoms with Crippen LogP contribution < -0.4 is 5.32 Å². The average Bonchev–Trinajstić information content (AvgIpc) is 2.91. The van der Waals surface area contributed by atoms with E-state index in [9.17, 15) is 4.79 Å². The third-order valence-corrected chi connectivity index (χ3v) is 4.43. The Morgan fingerprint density at radius 3 is 2.65 bits per heavy atom. The van der Waals surface area contributed by atoms with Crippen molar-refractivity contribution in [2.75, 3.05) is 32.7 Å². The number of fused-ring (bicyclic) bond motifs is 2. The predicted octanol–water partition coefficient (Wildman–Crippen LogP) is 0.435.